The van der Waals surface area contributed by atoms with Gasteiger partial charge in [-0.05, 0) is 41.8 Å². The van der Waals surface area contributed by atoms with Crippen molar-refractivity contribution < 1.29 is 19.4 Å². The SMILES string of the molecule is COC(=O)/C(=C/c1ccc(OCC(O)CNCc2ccccc2)cc1)c1ccc(C)cc1. The molecule has 5 nitrogen and oxygen atoms in total. The van der Waals surface area contributed by atoms with Crippen molar-refractivity contribution in [3.63, 3.8) is 0 Å². The number of carbonyl (C=O) groups is 1. The Hall–Kier alpha value is -3.41. The zero-order chi connectivity index (χ0) is 22.8. The van der Waals surface area contributed by atoms with Crippen LogP contribution in [0.15, 0.2) is 78.9 Å². The molecule has 0 saturated carbocycles. The van der Waals surface area contributed by atoms with Crippen molar-refractivity contribution >= 4 is 17.6 Å². The van der Waals surface area contributed by atoms with E-state index in [0.29, 0.717) is 24.4 Å². The molecular formula is C27H29NO4. The van der Waals surface area contributed by atoms with E-state index in [1.54, 1.807) is 6.08 Å². The molecule has 5 heteroatoms. The molecule has 1 atom stereocenters. The van der Waals surface area contributed by atoms with Gasteiger partial charge in [-0.15, -0.1) is 0 Å². The highest BCUT2D eigenvalue weighted by Gasteiger charge is 2.12. The molecule has 0 aliphatic heterocycles. The van der Waals surface area contributed by atoms with Crippen molar-refractivity contribution in [3.8, 4) is 5.75 Å². The van der Waals surface area contributed by atoms with Crippen molar-refractivity contribution in [3.05, 3.63) is 101 Å². The lowest BCUT2D eigenvalue weighted by Gasteiger charge is -2.13. The van der Waals surface area contributed by atoms with Crippen LogP contribution in [0.4, 0.5) is 0 Å². The van der Waals surface area contributed by atoms with Crippen LogP contribution in [-0.4, -0.2) is 37.4 Å². The topological polar surface area (TPSA) is 67.8 Å². The molecule has 0 spiro atoms. The summed E-state index contributed by atoms with van der Waals surface area (Å²) in [5.41, 5.74) is 4.43. The van der Waals surface area contributed by atoms with Gasteiger partial charge in [-0.2, -0.15) is 0 Å². The fourth-order valence-electron chi connectivity index (χ4n) is 3.16. The standard InChI is InChI=1S/C27H29NO4/c1-20-8-12-23(13-9-20)26(27(30)31-2)16-21-10-14-25(15-11-21)32-19-24(29)18-28-17-22-6-4-3-5-7-22/h3-16,24,28-29H,17-19H2,1-2H3/b26-16+. The first-order chi connectivity index (χ1) is 15.5. The number of rotatable bonds is 10. The first kappa shape index (κ1) is 23.3. The molecule has 1 unspecified atom stereocenters. The summed E-state index contributed by atoms with van der Waals surface area (Å²) in [6.45, 7) is 3.32. The summed E-state index contributed by atoms with van der Waals surface area (Å²) in [7, 11) is 1.38. The minimum atomic E-state index is -0.620. The Kier molecular flexibility index (Phi) is 8.61. The average Bonchev–Trinajstić information content (AvgIpc) is 2.83. The Bertz CT molecular complexity index is 1010. The first-order valence-corrected chi connectivity index (χ1v) is 10.6. The number of aliphatic hydroxyl groups is 1. The first-order valence-electron chi connectivity index (χ1n) is 10.6. The number of hydrogen-bond donors (Lipinski definition) is 2. The molecule has 0 aliphatic rings. The van der Waals surface area contributed by atoms with Crippen molar-refractivity contribution in [2.45, 2.75) is 19.6 Å². The smallest absolute Gasteiger partial charge is 0.338 e. The molecule has 3 rings (SSSR count). The highest BCUT2D eigenvalue weighted by Crippen LogP contribution is 2.22. The van der Waals surface area contributed by atoms with E-state index in [1.165, 1.54) is 12.7 Å². The van der Waals surface area contributed by atoms with E-state index in [0.717, 1.165) is 16.7 Å². The van der Waals surface area contributed by atoms with Crippen molar-refractivity contribution in [2.24, 2.45) is 0 Å². The summed E-state index contributed by atoms with van der Waals surface area (Å²) in [6, 6.07) is 25.1. The number of ether oxygens (including phenoxy) is 2. The number of hydrogen-bond acceptors (Lipinski definition) is 5. The van der Waals surface area contributed by atoms with Gasteiger partial charge in [-0.3, -0.25) is 0 Å². The minimum absolute atomic E-state index is 0.188. The highest BCUT2D eigenvalue weighted by molar-refractivity contribution is 6.21. The van der Waals surface area contributed by atoms with E-state index in [2.05, 4.69) is 5.32 Å². The van der Waals surface area contributed by atoms with Gasteiger partial charge >= 0.3 is 5.97 Å². The maximum absolute atomic E-state index is 12.3. The van der Waals surface area contributed by atoms with E-state index in [-0.39, 0.29) is 12.6 Å². The molecule has 0 radical (unpaired) electrons. The lowest BCUT2D eigenvalue weighted by Crippen LogP contribution is -2.31. The molecule has 0 amide bonds. The third-order valence-electron chi connectivity index (χ3n) is 4.95. The van der Waals surface area contributed by atoms with Crippen LogP contribution in [0.3, 0.4) is 0 Å². The van der Waals surface area contributed by atoms with Crippen LogP contribution in [0, 0.1) is 6.92 Å². The van der Waals surface area contributed by atoms with Gasteiger partial charge in [-0.1, -0.05) is 72.3 Å². The Labute approximate surface area is 189 Å². The third kappa shape index (κ3) is 7.08. The van der Waals surface area contributed by atoms with Crippen LogP contribution in [0.25, 0.3) is 11.6 Å². The van der Waals surface area contributed by atoms with Crippen LogP contribution in [0.5, 0.6) is 5.75 Å². The maximum atomic E-state index is 12.3. The van der Waals surface area contributed by atoms with Gasteiger partial charge in [0.25, 0.3) is 0 Å². The number of aryl methyl sites for hydroxylation is 1. The second kappa shape index (κ2) is 11.8. The van der Waals surface area contributed by atoms with Gasteiger partial charge in [0.2, 0.25) is 0 Å². The minimum Gasteiger partial charge on any atom is -0.491 e. The van der Waals surface area contributed by atoms with Gasteiger partial charge in [0, 0.05) is 13.1 Å². The van der Waals surface area contributed by atoms with Gasteiger partial charge in [-0.25, -0.2) is 4.79 Å². The summed E-state index contributed by atoms with van der Waals surface area (Å²) in [6.07, 6.45) is 1.17. The Morgan fingerprint density at radius 2 is 1.69 bits per heavy atom. The van der Waals surface area contributed by atoms with Crippen molar-refractivity contribution in [1.29, 1.82) is 0 Å². The third-order valence-corrected chi connectivity index (χ3v) is 4.95. The normalized spacial score (nSPS) is 12.3. The van der Waals surface area contributed by atoms with E-state index in [1.807, 2.05) is 85.8 Å². The summed E-state index contributed by atoms with van der Waals surface area (Å²) in [4.78, 5) is 12.3. The van der Waals surface area contributed by atoms with Crippen LogP contribution in [0.2, 0.25) is 0 Å². The van der Waals surface area contributed by atoms with E-state index in [4.69, 9.17) is 9.47 Å². The molecule has 32 heavy (non-hydrogen) atoms. The molecule has 3 aromatic rings. The van der Waals surface area contributed by atoms with Crippen LogP contribution in [-0.2, 0) is 16.1 Å². The predicted octanol–water partition coefficient (Wildman–Crippen LogP) is 4.24. The van der Waals surface area contributed by atoms with Crippen LogP contribution >= 0.6 is 0 Å². The number of nitrogens with one attached hydrogen (secondary N) is 1. The molecule has 166 valence electrons. The Morgan fingerprint density at radius 1 is 1.00 bits per heavy atom. The van der Waals surface area contributed by atoms with Crippen molar-refractivity contribution in [1.82, 2.24) is 5.32 Å². The maximum Gasteiger partial charge on any atom is 0.338 e. The number of benzene rings is 3. The average molecular weight is 432 g/mol. The summed E-state index contributed by atoms with van der Waals surface area (Å²) in [5, 5.41) is 13.4. The van der Waals surface area contributed by atoms with Gasteiger partial charge in [0.05, 0.1) is 12.7 Å². The molecule has 0 fully saturated rings. The second-order valence-corrected chi connectivity index (χ2v) is 7.57. The quantitative estimate of drug-likeness (QED) is 0.286. The predicted molar refractivity (Wildman–Crippen MR) is 127 cm³/mol. The lowest BCUT2D eigenvalue weighted by molar-refractivity contribution is -0.133. The fraction of sp³-hybridized carbons (Fsp3) is 0.222. The number of esters is 1. The van der Waals surface area contributed by atoms with Crippen LogP contribution in [0.1, 0.15) is 22.3 Å². The molecule has 0 bridgehead atoms. The van der Waals surface area contributed by atoms with Crippen molar-refractivity contribution in [2.75, 3.05) is 20.3 Å². The highest BCUT2D eigenvalue weighted by atomic mass is 16.5. The van der Waals surface area contributed by atoms with E-state index >= 15 is 0 Å². The number of aliphatic hydroxyl groups excluding tert-OH is 1. The number of methoxy groups -OCH3 is 1. The zero-order valence-electron chi connectivity index (χ0n) is 18.5. The monoisotopic (exact) mass is 431 g/mol. The Morgan fingerprint density at radius 3 is 2.34 bits per heavy atom. The zero-order valence-corrected chi connectivity index (χ0v) is 18.5. The molecule has 2 N–H and O–H groups in total. The Balaban J connectivity index is 1.55. The molecular weight excluding hydrogens is 402 g/mol. The summed E-state index contributed by atoms with van der Waals surface area (Å²) < 4.78 is 10.6. The molecule has 0 heterocycles. The largest absolute Gasteiger partial charge is 0.491 e. The summed E-state index contributed by atoms with van der Waals surface area (Å²) in [5.74, 6) is 0.263. The van der Waals surface area contributed by atoms with E-state index < -0.39 is 6.10 Å². The molecule has 0 aliphatic carbocycles. The lowest BCUT2D eigenvalue weighted by atomic mass is 10.0. The van der Waals surface area contributed by atoms with Crippen LogP contribution < -0.4 is 10.1 Å². The number of carbonyl (C=O) groups excluding carboxylic acids is 1. The van der Waals surface area contributed by atoms with Gasteiger partial charge in [0.15, 0.2) is 0 Å². The molecule has 0 saturated heterocycles. The fourth-order valence-corrected chi connectivity index (χ4v) is 3.16. The van der Waals surface area contributed by atoms with Gasteiger partial charge in [0.1, 0.15) is 18.5 Å². The van der Waals surface area contributed by atoms with E-state index in [9.17, 15) is 9.90 Å². The molecule has 0 aromatic heterocycles. The second-order valence-electron chi connectivity index (χ2n) is 7.57. The van der Waals surface area contributed by atoms with Gasteiger partial charge < -0.3 is 19.9 Å². The summed E-state index contributed by atoms with van der Waals surface area (Å²) >= 11 is 0. The molecule has 3 aromatic carbocycles.